The number of phenols is 3. The number of aliphatic hydroxyl groups is 6. The van der Waals surface area contributed by atoms with Crippen molar-refractivity contribution in [1.29, 1.82) is 0 Å². The molecule has 5 aromatic rings. The van der Waals surface area contributed by atoms with Crippen molar-refractivity contribution >= 4 is 70.5 Å². The van der Waals surface area contributed by atoms with Crippen LogP contribution in [0, 0.1) is 5.92 Å². The van der Waals surface area contributed by atoms with Crippen LogP contribution in [0.1, 0.15) is 163 Å². The van der Waals surface area contributed by atoms with Gasteiger partial charge in [0.25, 0.3) is 0 Å². The fourth-order valence-corrected chi connectivity index (χ4v) is 15.0. The Morgan fingerprint density at radius 3 is 1.90 bits per heavy atom. The number of carbonyl (C=O) groups excluding carboxylic acids is 7. The summed E-state index contributed by atoms with van der Waals surface area (Å²) in [5.41, 5.74) is 1.85. The van der Waals surface area contributed by atoms with Crippen molar-refractivity contribution in [2.45, 2.75) is 214 Å². The Hall–Kier alpha value is -9.24. The highest BCUT2D eigenvalue weighted by atomic mass is 35.5. The van der Waals surface area contributed by atoms with Gasteiger partial charge in [-0.1, -0.05) is 107 Å². The van der Waals surface area contributed by atoms with Gasteiger partial charge >= 0.3 is 5.97 Å². The Bertz CT molecular complexity index is 4340. The maximum atomic E-state index is 16.2. The molecule has 0 aliphatic carbocycles. The number of primary amides is 1. The zero-order valence-electron chi connectivity index (χ0n) is 63.5. The molecule has 34 nitrogen and oxygen atoms in total. The molecule has 11 bridgehead atoms. The molecule has 0 unspecified atom stereocenters. The Balaban J connectivity index is 1.15. The van der Waals surface area contributed by atoms with Crippen molar-refractivity contribution in [3.05, 3.63) is 117 Å². The van der Waals surface area contributed by atoms with Crippen LogP contribution in [0.5, 0.6) is 46.0 Å². The van der Waals surface area contributed by atoms with Crippen molar-refractivity contribution in [2.75, 3.05) is 33.3 Å². The summed E-state index contributed by atoms with van der Waals surface area (Å²) < 4.78 is 39.4. The molecule has 0 saturated carbocycles. The van der Waals surface area contributed by atoms with E-state index < -0.39 is 231 Å². The summed E-state index contributed by atoms with van der Waals surface area (Å²) in [5, 5.41) is 140. The van der Waals surface area contributed by atoms with Crippen LogP contribution in [-0.4, -0.2) is 211 Å². The molecule has 7 heterocycles. The first-order chi connectivity index (χ1) is 54.2. The molecule has 2 saturated heterocycles. The molecular weight excluding hydrogens is 1530 g/mol. The van der Waals surface area contributed by atoms with E-state index in [2.05, 4.69) is 54.8 Å². The van der Waals surface area contributed by atoms with Gasteiger partial charge in [0.15, 0.2) is 29.9 Å². The normalized spacial score (nSPS) is 27.4. The minimum Gasteiger partial charge on any atom is -0.508 e. The minimum atomic E-state index is -2.35. The van der Waals surface area contributed by atoms with E-state index in [1.54, 1.807) is 13.8 Å². The number of nitrogens with two attached hydrogens (primary N) is 1. The number of nitrogens with one attached hydrogen (secondary N) is 9. The fraction of sp³-hybridized carbons (Fsp3) is 0.513. The molecule has 36 heteroatoms. The van der Waals surface area contributed by atoms with Crippen LogP contribution < -0.4 is 67.8 Å². The number of halogens is 2. The van der Waals surface area contributed by atoms with Crippen LogP contribution in [0.25, 0.3) is 11.1 Å². The van der Waals surface area contributed by atoms with E-state index in [0.717, 1.165) is 92.5 Å². The lowest BCUT2D eigenvalue weighted by Gasteiger charge is -2.48. The Labute approximate surface area is 666 Å². The van der Waals surface area contributed by atoms with Crippen LogP contribution in [0.3, 0.4) is 0 Å². The molecule has 620 valence electrons. The molecule has 5 aromatic carbocycles. The third kappa shape index (κ3) is 20.5. The number of aliphatic hydroxyl groups excluding tert-OH is 6. The van der Waals surface area contributed by atoms with Crippen LogP contribution in [0.4, 0.5) is 0 Å². The van der Waals surface area contributed by atoms with Crippen molar-refractivity contribution in [3.63, 3.8) is 0 Å². The molecule has 0 aromatic heterocycles. The maximum Gasteiger partial charge on any atom is 0.330 e. The number of likely N-dealkylation sites (N-methyl/N-ethyl adjacent to an activating group) is 1. The average Bonchev–Trinajstić information content (AvgIpc) is 0.771. The molecule has 2 fully saturated rings. The lowest BCUT2D eigenvalue weighted by Crippen LogP contribution is -2.65. The van der Waals surface area contributed by atoms with Gasteiger partial charge in [-0.2, -0.15) is 0 Å². The lowest BCUT2D eigenvalue weighted by molar-refractivity contribution is -0.334. The topological polar surface area (TPSA) is 529 Å². The molecule has 7 aliphatic rings. The van der Waals surface area contributed by atoms with E-state index in [0.29, 0.717) is 13.1 Å². The minimum absolute atomic E-state index is 0.0992. The number of amides is 7. The molecule has 12 rings (SSSR count). The standard InChI is InChI=1S/C78H100Cl2N10O24/c1-7-8-9-10-11-12-13-14-21-83-22-23-84-78(5)33-56(109-36(4)69(78)100)113-68-66(99)65(98)54(34-91)112-77(68)114-67-52-28-40-29-53(67)111-51-20-17-39(27-45(51)80)64(97)62-75(106)88-60(76(107)108)43-30-41(92)31-49(94)57(43)42-25-37(15-18-48(42)93)58(72(103)90-62)87-73(104)59(40)86-71(102)47(32-55(81)95)85-74(105)61(89-70(101)46(82-6)24-35(2)3)63(96)38-16-19-50(110-52)44(79)26-38/h15-20,25-31,35-36,46-47,54,56,58-66,68-69,77,82-84,91-94,96-100H,7-14,21-24,32-34H2,1-6H3,(H2,81,95)(H,85,105)(H,86,102)(H,87,104)(H,88,106)(H,89,101)(H,90,103)(H,107,108)/t36-,46-,47+,54+,56+,58-,59-,60+,61-,62+,63-,64-,65+,66+,68+,69-,77-,78+/m1/s1. The molecule has 0 radical (unpaired) electrons. The molecule has 21 N–H and O–H groups in total. The largest absolute Gasteiger partial charge is 0.508 e. The van der Waals surface area contributed by atoms with Gasteiger partial charge in [-0.25, -0.2) is 4.79 Å². The zero-order valence-corrected chi connectivity index (χ0v) is 65.0. The number of aromatic hydroxyl groups is 3. The number of carbonyl (C=O) groups is 8. The summed E-state index contributed by atoms with van der Waals surface area (Å²) in [6, 6.07) is -0.453. The van der Waals surface area contributed by atoms with E-state index >= 15 is 14.4 Å². The predicted molar refractivity (Wildman–Crippen MR) is 409 cm³/mol. The van der Waals surface area contributed by atoms with E-state index in [1.165, 1.54) is 51.3 Å². The van der Waals surface area contributed by atoms with E-state index in [1.807, 2.05) is 13.8 Å². The first-order valence-corrected chi connectivity index (χ1v) is 38.6. The second kappa shape index (κ2) is 38.5. The zero-order chi connectivity index (χ0) is 82.7. The number of ether oxygens (including phenoxy) is 6. The van der Waals surface area contributed by atoms with Crippen LogP contribution in [-0.2, 0) is 52.6 Å². The number of carboxylic acids is 1. The number of phenolic OH excluding ortho intramolecular Hbond substituents is 3. The van der Waals surface area contributed by atoms with Gasteiger partial charge in [0, 0.05) is 47.8 Å². The van der Waals surface area contributed by atoms with E-state index in [9.17, 15) is 75.0 Å². The first kappa shape index (κ1) is 87.2. The molecular formula is C78H100Cl2N10O24. The predicted octanol–water partition coefficient (Wildman–Crippen LogP) is 3.47. The average molecular weight is 1630 g/mol. The van der Waals surface area contributed by atoms with Gasteiger partial charge in [-0.15, -0.1) is 0 Å². The van der Waals surface area contributed by atoms with Gasteiger partial charge in [0.05, 0.1) is 41.3 Å². The Kier molecular flexibility index (Phi) is 29.4. The number of aliphatic carboxylic acids is 1. The quantitative estimate of drug-likeness (QED) is 0.0352. The summed E-state index contributed by atoms with van der Waals surface area (Å²) in [4.78, 5) is 118. The lowest BCUT2D eigenvalue weighted by atomic mass is 9.85. The van der Waals surface area contributed by atoms with E-state index in [-0.39, 0.29) is 52.0 Å². The summed E-state index contributed by atoms with van der Waals surface area (Å²) in [7, 11) is 1.48. The van der Waals surface area contributed by atoms with Gasteiger partial charge in [-0.05, 0) is 123 Å². The number of fused-ring (bicyclic) bond motifs is 15. The maximum absolute atomic E-state index is 16.2. The number of hydrogen-bond donors (Lipinski definition) is 20. The Morgan fingerprint density at radius 2 is 1.29 bits per heavy atom. The van der Waals surface area contributed by atoms with Gasteiger partial charge in [-0.3, -0.25) is 33.6 Å². The number of unbranched alkanes of at least 4 members (excludes halogenated alkanes) is 7. The summed E-state index contributed by atoms with van der Waals surface area (Å²) in [6.45, 7) is 9.89. The number of hydrogen-bond acceptors (Lipinski definition) is 26. The SMILES string of the molecule is CCCCCCCCCCNCCN[C@@]1(C)C[C@H](O[C@@H]2[C@@H](Oc3c4cc5cc3Oc3ccc(cc3Cl)[C@@H](O)[C@@H](NC(=O)[C@@H](CC(C)C)NC)C(=O)N[C@@H](CC(N)=O)C(=O)N[C@H]5C(=O)N[C@H]3C(=O)N[C@H](C(=O)N[C@H](C(=O)O)c5cc(O)cc(O)c5-c5cc3ccc5O)[C@H](O)c3ccc(c(Cl)c3)O4)O[C@@H](CO)[C@H](O)[C@@H]2O)O[C@H](C)[C@H]1O. The van der Waals surface area contributed by atoms with Gasteiger partial charge < -0.3 is 133 Å². The van der Waals surface area contributed by atoms with Gasteiger partial charge in [0.2, 0.25) is 53.4 Å². The highest BCUT2D eigenvalue weighted by Crippen LogP contribution is 2.50. The fourth-order valence-electron chi connectivity index (χ4n) is 14.6. The summed E-state index contributed by atoms with van der Waals surface area (Å²) >= 11 is 14.3. The second-order valence-electron chi connectivity index (χ2n) is 29.8. The van der Waals surface area contributed by atoms with Crippen LogP contribution >= 0.6 is 23.2 Å². The number of carboxylic acid groups (broad SMARTS) is 1. The van der Waals surface area contributed by atoms with Gasteiger partial charge in [0.1, 0.15) is 89.5 Å². The van der Waals surface area contributed by atoms with Crippen LogP contribution in [0.2, 0.25) is 10.0 Å². The van der Waals surface area contributed by atoms with Crippen molar-refractivity contribution in [2.24, 2.45) is 11.7 Å². The van der Waals surface area contributed by atoms with Crippen molar-refractivity contribution < 1.29 is 118 Å². The first-order valence-electron chi connectivity index (χ1n) is 37.9. The molecule has 7 amide bonds. The molecule has 18 atom stereocenters. The number of benzene rings is 5. The van der Waals surface area contributed by atoms with E-state index in [4.69, 9.17) is 57.4 Å². The third-order valence-electron chi connectivity index (χ3n) is 20.8. The second-order valence-corrected chi connectivity index (χ2v) is 30.6. The third-order valence-corrected chi connectivity index (χ3v) is 21.4. The highest BCUT2D eigenvalue weighted by molar-refractivity contribution is 6.32. The monoisotopic (exact) mass is 1630 g/mol. The van der Waals surface area contributed by atoms with Crippen molar-refractivity contribution in [3.8, 4) is 57.1 Å². The number of rotatable bonds is 26. The molecule has 0 spiro atoms. The van der Waals surface area contributed by atoms with Crippen molar-refractivity contribution in [1.82, 2.24) is 47.9 Å². The highest BCUT2D eigenvalue weighted by Gasteiger charge is 2.52. The molecule has 114 heavy (non-hydrogen) atoms. The Morgan fingerprint density at radius 1 is 0.675 bits per heavy atom. The summed E-state index contributed by atoms with van der Waals surface area (Å²) in [6.07, 6.45) is -9.00. The summed E-state index contributed by atoms with van der Waals surface area (Å²) in [5.74, 6) is -15.8. The molecule has 7 aliphatic heterocycles. The smallest absolute Gasteiger partial charge is 0.330 e. The van der Waals surface area contributed by atoms with Crippen LogP contribution in [0.15, 0.2) is 78.9 Å².